The summed E-state index contributed by atoms with van der Waals surface area (Å²) in [4.78, 5) is 29.5. The van der Waals surface area contributed by atoms with Gasteiger partial charge in [0.1, 0.15) is 16.4 Å². The molecular weight excluding hydrogens is 504 g/mol. The summed E-state index contributed by atoms with van der Waals surface area (Å²) in [6, 6.07) is 8.21. The molecule has 1 fully saturated rings. The van der Waals surface area contributed by atoms with Crippen LogP contribution in [0, 0.1) is 0 Å². The Kier molecular flexibility index (Phi) is 6.96. The second-order valence-electron chi connectivity index (χ2n) is 9.71. The Labute approximate surface area is 224 Å². The molecule has 3 aromatic heterocycles. The quantitative estimate of drug-likeness (QED) is 0.165. The van der Waals surface area contributed by atoms with Crippen molar-refractivity contribution in [3.63, 3.8) is 0 Å². The molecule has 6 rings (SSSR count). The minimum absolute atomic E-state index is 0.0940. The number of anilines is 1. The fourth-order valence-electron chi connectivity index (χ4n) is 5.45. The molecule has 10 heteroatoms. The molecule has 0 atom stereocenters. The lowest BCUT2D eigenvalue weighted by Gasteiger charge is -2.35. The maximum Gasteiger partial charge on any atom is 0.281 e. The Morgan fingerprint density at radius 1 is 1.14 bits per heavy atom. The minimum atomic E-state index is -0.0940. The number of nitrogens with zero attached hydrogens (tertiary/aromatic N) is 5. The van der Waals surface area contributed by atoms with Gasteiger partial charge >= 0.3 is 0 Å². The summed E-state index contributed by atoms with van der Waals surface area (Å²) in [5.74, 6) is 8.98. The Hall–Kier alpha value is -2.82. The van der Waals surface area contributed by atoms with Crippen molar-refractivity contribution in [3.8, 4) is 5.75 Å². The first kappa shape index (κ1) is 24.5. The number of rotatable bonds is 7. The molecule has 1 saturated heterocycles. The van der Waals surface area contributed by atoms with E-state index in [0.29, 0.717) is 5.16 Å². The summed E-state index contributed by atoms with van der Waals surface area (Å²) in [6.45, 7) is 4.94. The maximum absolute atomic E-state index is 13.0. The van der Waals surface area contributed by atoms with E-state index >= 15 is 0 Å². The summed E-state index contributed by atoms with van der Waals surface area (Å²) in [5.41, 5.74) is 1.10. The summed E-state index contributed by atoms with van der Waals surface area (Å²) in [6.07, 6.45) is 7.26. The van der Waals surface area contributed by atoms with Crippen molar-refractivity contribution in [2.24, 2.45) is 0 Å². The van der Waals surface area contributed by atoms with Gasteiger partial charge < -0.3 is 15.5 Å². The van der Waals surface area contributed by atoms with Gasteiger partial charge in [-0.05, 0) is 73.9 Å². The number of hydrogen-bond acceptors (Lipinski definition) is 9. The number of aryl methyl sites for hydroxylation is 2. The average molecular weight is 537 g/mol. The second kappa shape index (κ2) is 10.5. The minimum Gasteiger partial charge on any atom is -0.497 e. The number of benzene rings is 1. The van der Waals surface area contributed by atoms with E-state index in [1.165, 1.54) is 21.5 Å². The Morgan fingerprint density at radius 3 is 2.81 bits per heavy atom. The Balaban J connectivity index is 1.04. The average Bonchev–Trinajstić information content (AvgIpc) is 3.31. The number of nitrogen functional groups attached to an aromatic ring is 1. The largest absolute Gasteiger partial charge is 0.497 e. The number of piperazine rings is 1. The number of thiophene rings is 1. The van der Waals surface area contributed by atoms with Gasteiger partial charge in [-0.2, -0.15) is 0 Å². The third-order valence-corrected chi connectivity index (χ3v) is 9.69. The molecule has 1 aliphatic heterocycles. The van der Waals surface area contributed by atoms with Crippen LogP contribution in [0.3, 0.4) is 0 Å². The monoisotopic (exact) mass is 536 g/mol. The molecule has 8 nitrogen and oxygen atoms in total. The predicted octanol–water partition coefficient (Wildman–Crippen LogP) is 3.91. The van der Waals surface area contributed by atoms with Crippen LogP contribution in [0.1, 0.15) is 29.7 Å². The van der Waals surface area contributed by atoms with Crippen LogP contribution in [-0.4, -0.2) is 65.1 Å². The van der Waals surface area contributed by atoms with Crippen molar-refractivity contribution in [2.75, 3.05) is 56.3 Å². The number of pyridine rings is 1. The van der Waals surface area contributed by atoms with Crippen LogP contribution in [0.2, 0.25) is 0 Å². The van der Waals surface area contributed by atoms with Crippen LogP contribution in [-0.2, 0) is 12.8 Å². The highest BCUT2D eigenvalue weighted by molar-refractivity contribution is 7.99. The lowest BCUT2D eigenvalue weighted by atomic mass is 9.97. The molecule has 194 valence electrons. The SMILES string of the molecule is COc1ccc2c(N3CCN(CCCSc4nc5sc6c(c5c(=O)n4N)CCCC6)CC3)nccc2c1. The van der Waals surface area contributed by atoms with Crippen molar-refractivity contribution < 1.29 is 4.74 Å². The summed E-state index contributed by atoms with van der Waals surface area (Å²) in [7, 11) is 1.70. The predicted molar refractivity (Wildman–Crippen MR) is 153 cm³/mol. The molecule has 1 aromatic carbocycles. The van der Waals surface area contributed by atoms with Gasteiger partial charge in [0.25, 0.3) is 5.56 Å². The number of ether oxygens (including phenoxy) is 1. The van der Waals surface area contributed by atoms with E-state index in [9.17, 15) is 4.79 Å². The van der Waals surface area contributed by atoms with Crippen LogP contribution in [0.5, 0.6) is 5.75 Å². The van der Waals surface area contributed by atoms with Crippen molar-refractivity contribution >= 4 is 49.9 Å². The highest BCUT2D eigenvalue weighted by Gasteiger charge is 2.22. The maximum atomic E-state index is 13.0. The van der Waals surface area contributed by atoms with Gasteiger partial charge in [-0.1, -0.05) is 11.8 Å². The molecule has 1 aliphatic carbocycles. The van der Waals surface area contributed by atoms with E-state index < -0.39 is 0 Å². The first-order valence-electron chi connectivity index (χ1n) is 13.0. The van der Waals surface area contributed by atoms with Crippen molar-refractivity contribution in [1.29, 1.82) is 0 Å². The number of hydrogen-bond donors (Lipinski definition) is 1. The van der Waals surface area contributed by atoms with E-state index in [-0.39, 0.29) is 5.56 Å². The Morgan fingerprint density at radius 2 is 1.97 bits per heavy atom. The normalized spacial score (nSPS) is 16.4. The molecular formula is C27H32N6O2S2. The second-order valence-corrected chi connectivity index (χ2v) is 11.9. The van der Waals surface area contributed by atoms with Gasteiger partial charge in [0.2, 0.25) is 0 Å². The zero-order valence-electron chi connectivity index (χ0n) is 21.1. The van der Waals surface area contributed by atoms with Gasteiger partial charge in [0, 0.05) is 48.4 Å². The first-order chi connectivity index (χ1) is 18.1. The fourth-order valence-corrected chi connectivity index (χ4v) is 7.60. The lowest BCUT2D eigenvalue weighted by Crippen LogP contribution is -2.47. The molecule has 0 saturated carbocycles. The van der Waals surface area contributed by atoms with E-state index in [1.54, 1.807) is 30.2 Å². The topological polar surface area (TPSA) is 89.5 Å². The Bertz CT molecular complexity index is 1490. The molecule has 0 unspecified atom stereocenters. The summed E-state index contributed by atoms with van der Waals surface area (Å²) >= 11 is 3.27. The summed E-state index contributed by atoms with van der Waals surface area (Å²) < 4.78 is 6.64. The standard InChI is InChI=1S/C27H32N6O2S2/c1-35-19-7-8-20-18(17-19)9-10-29-24(20)32-14-12-31(13-15-32)11-4-16-36-27-30-25-23(26(34)33(27)28)21-5-2-3-6-22(21)37-25/h7-10,17H,2-6,11-16,28H2,1H3. The van der Waals surface area contributed by atoms with Crippen molar-refractivity contribution in [1.82, 2.24) is 19.5 Å². The van der Waals surface area contributed by atoms with Crippen LogP contribution in [0.25, 0.3) is 21.0 Å². The van der Waals surface area contributed by atoms with E-state index in [4.69, 9.17) is 20.5 Å². The van der Waals surface area contributed by atoms with Crippen molar-refractivity contribution in [2.45, 2.75) is 37.3 Å². The van der Waals surface area contributed by atoms with E-state index in [1.807, 2.05) is 18.3 Å². The zero-order valence-corrected chi connectivity index (χ0v) is 22.7. The van der Waals surface area contributed by atoms with Gasteiger partial charge in [-0.15, -0.1) is 11.3 Å². The van der Waals surface area contributed by atoms with Crippen molar-refractivity contribution in [3.05, 3.63) is 51.3 Å². The van der Waals surface area contributed by atoms with Gasteiger partial charge in [-0.3, -0.25) is 9.69 Å². The molecule has 4 heterocycles. The van der Waals surface area contributed by atoms with E-state index in [0.717, 1.165) is 96.7 Å². The molecule has 0 radical (unpaired) electrons. The fraction of sp³-hybridized carbons (Fsp3) is 0.444. The zero-order chi connectivity index (χ0) is 25.4. The summed E-state index contributed by atoms with van der Waals surface area (Å²) in [5, 5.41) is 3.69. The molecule has 2 aliphatic rings. The lowest BCUT2D eigenvalue weighted by molar-refractivity contribution is 0.259. The van der Waals surface area contributed by atoms with Crippen LogP contribution in [0.4, 0.5) is 5.82 Å². The number of fused-ring (bicyclic) bond motifs is 4. The van der Waals surface area contributed by atoms with Crippen LogP contribution >= 0.6 is 23.1 Å². The number of aromatic nitrogens is 3. The van der Waals surface area contributed by atoms with Gasteiger partial charge in [-0.25, -0.2) is 14.6 Å². The molecule has 0 bridgehead atoms. The molecule has 37 heavy (non-hydrogen) atoms. The molecule has 0 spiro atoms. The smallest absolute Gasteiger partial charge is 0.281 e. The number of nitrogens with two attached hydrogens (primary N) is 1. The van der Waals surface area contributed by atoms with Crippen LogP contribution < -0.4 is 21.0 Å². The molecule has 2 N–H and O–H groups in total. The molecule has 0 amide bonds. The number of thioether (sulfide) groups is 1. The third kappa shape index (κ3) is 4.78. The first-order valence-corrected chi connectivity index (χ1v) is 14.8. The van der Waals surface area contributed by atoms with Gasteiger partial charge in [0.15, 0.2) is 5.16 Å². The molecule has 4 aromatic rings. The number of methoxy groups -OCH3 is 1. The highest BCUT2D eigenvalue weighted by atomic mass is 32.2. The van der Waals surface area contributed by atoms with Gasteiger partial charge in [0.05, 0.1) is 12.5 Å². The third-order valence-electron chi connectivity index (χ3n) is 7.46. The van der Waals surface area contributed by atoms with E-state index in [2.05, 4.69) is 21.9 Å². The highest BCUT2D eigenvalue weighted by Crippen LogP contribution is 2.34. The van der Waals surface area contributed by atoms with Crippen LogP contribution in [0.15, 0.2) is 40.4 Å².